The highest BCUT2D eigenvalue weighted by Gasteiger charge is 2.33. The second-order valence-corrected chi connectivity index (χ2v) is 4.07. The lowest BCUT2D eigenvalue weighted by atomic mass is 10.1. The quantitative estimate of drug-likeness (QED) is 0.590. The minimum absolute atomic E-state index is 0.437. The highest BCUT2D eigenvalue weighted by atomic mass is 16.5. The number of hydrogen-bond donors (Lipinski definition) is 0. The van der Waals surface area contributed by atoms with Crippen molar-refractivity contribution in [1.82, 2.24) is 0 Å². The Balaban J connectivity index is 2.21. The third kappa shape index (κ3) is 2.02. The molecule has 90 valence electrons. The molecular formula is C13H15NO3. The number of rotatable bonds is 4. The molecule has 2 rings (SSSR count). The number of ketones is 1. The molecule has 0 aromatic heterocycles. The first kappa shape index (κ1) is 11.6. The summed E-state index contributed by atoms with van der Waals surface area (Å²) in [7, 11) is 1.60. The Labute approximate surface area is 100 Å². The number of likely N-dealkylation sites (N-methyl/N-ethyl adjacent to an activating group) is 1. The Morgan fingerprint density at radius 2 is 2.06 bits per heavy atom. The van der Waals surface area contributed by atoms with Gasteiger partial charge in [-0.05, 0) is 24.6 Å². The normalized spacial score (nSPS) is 14.1. The third-order valence-electron chi connectivity index (χ3n) is 2.84. The van der Waals surface area contributed by atoms with Crippen molar-refractivity contribution in [2.24, 2.45) is 0 Å². The number of Topliss-reactive ketones (excluding diaryl/α,β-unsaturated/α-hetero) is 1. The third-order valence-corrected chi connectivity index (χ3v) is 2.84. The predicted octanol–water partition coefficient (Wildman–Crippen LogP) is 2.02. The number of ether oxygens (including phenoxy) is 1. The zero-order chi connectivity index (χ0) is 12.4. The maximum Gasteiger partial charge on any atom is 0.299 e. The molecule has 0 atom stereocenters. The summed E-state index contributed by atoms with van der Waals surface area (Å²) in [5.41, 5.74) is 1.09. The summed E-state index contributed by atoms with van der Waals surface area (Å²) in [6.45, 7) is 2.72. The van der Waals surface area contributed by atoms with Crippen molar-refractivity contribution in [2.45, 2.75) is 19.8 Å². The molecule has 1 aromatic rings. The smallest absolute Gasteiger partial charge is 0.299 e. The fourth-order valence-electron chi connectivity index (χ4n) is 1.79. The average molecular weight is 233 g/mol. The number of carbonyl (C=O) groups is 2. The van der Waals surface area contributed by atoms with Gasteiger partial charge in [0.2, 0.25) is 0 Å². The number of amides is 1. The largest absolute Gasteiger partial charge is 0.494 e. The van der Waals surface area contributed by atoms with Crippen LogP contribution in [0.5, 0.6) is 5.75 Å². The molecule has 0 N–H and O–H groups in total. The van der Waals surface area contributed by atoms with Gasteiger partial charge in [-0.25, -0.2) is 0 Å². The monoisotopic (exact) mass is 233 g/mol. The SMILES string of the molecule is CCCCOc1ccc2c(c1)C(=O)C(=O)N2C. The van der Waals surface area contributed by atoms with Gasteiger partial charge in [-0.3, -0.25) is 9.59 Å². The lowest BCUT2D eigenvalue weighted by Gasteiger charge is -2.10. The zero-order valence-electron chi connectivity index (χ0n) is 10.0. The number of nitrogens with zero attached hydrogens (tertiary/aromatic N) is 1. The van der Waals surface area contributed by atoms with Gasteiger partial charge in [0.1, 0.15) is 5.75 Å². The number of hydrogen-bond acceptors (Lipinski definition) is 3. The summed E-state index contributed by atoms with van der Waals surface area (Å²) in [5.74, 6) is -0.289. The van der Waals surface area contributed by atoms with E-state index in [4.69, 9.17) is 4.74 Å². The molecule has 4 nitrogen and oxygen atoms in total. The van der Waals surface area contributed by atoms with Crippen molar-refractivity contribution in [1.29, 1.82) is 0 Å². The van der Waals surface area contributed by atoms with Crippen molar-refractivity contribution in [3.05, 3.63) is 23.8 Å². The van der Waals surface area contributed by atoms with Gasteiger partial charge in [0.05, 0.1) is 17.9 Å². The Bertz CT molecular complexity index is 468. The minimum atomic E-state index is -0.481. The molecule has 1 aliphatic heterocycles. The van der Waals surface area contributed by atoms with Crippen LogP contribution in [0.2, 0.25) is 0 Å². The molecule has 0 saturated carbocycles. The van der Waals surface area contributed by atoms with Crippen LogP contribution >= 0.6 is 0 Å². The van der Waals surface area contributed by atoms with E-state index in [9.17, 15) is 9.59 Å². The molecule has 1 aromatic carbocycles. The fraction of sp³-hybridized carbons (Fsp3) is 0.385. The van der Waals surface area contributed by atoms with E-state index in [-0.39, 0.29) is 0 Å². The Kier molecular flexibility index (Phi) is 3.13. The van der Waals surface area contributed by atoms with E-state index >= 15 is 0 Å². The van der Waals surface area contributed by atoms with E-state index in [1.165, 1.54) is 4.90 Å². The van der Waals surface area contributed by atoms with Crippen molar-refractivity contribution in [2.75, 3.05) is 18.6 Å². The van der Waals surface area contributed by atoms with E-state index in [1.807, 2.05) is 0 Å². The summed E-state index contributed by atoms with van der Waals surface area (Å²) < 4.78 is 5.51. The van der Waals surface area contributed by atoms with E-state index in [0.717, 1.165) is 12.8 Å². The average Bonchev–Trinajstić information content (AvgIpc) is 2.55. The van der Waals surface area contributed by atoms with Gasteiger partial charge in [0.15, 0.2) is 0 Å². The van der Waals surface area contributed by atoms with Crippen LogP contribution in [0.3, 0.4) is 0 Å². The molecule has 0 fully saturated rings. The molecule has 0 aliphatic carbocycles. The molecule has 17 heavy (non-hydrogen) atoms. The van der Waals surface area contributed by atoms with Crippen molar-refractivity contribution in [3.63, 3.8) is 0 Å². The summed E-state index contributed by atoms with van der Waals surface area (Å²) in [5, 5.41) is 0. The number of anilines is 1. The van der Waals surface area contributed by atoms with Gasteiger partial charge < -0.3 is 9.64 Å². The van der Waals surface area contributed by atoms with E-state index in [2.05, 4.69) is 6.92 Å². The Morgan fingerprint density at radius 1 is 1.29 bits per heavy atom. The van der Waals surface area contributed by atoms with Crippen LogP contribution in [-0.4, -0.2) is 25.3 Å². The number of unbranched alkanes of at least 4 members (excludes halogenated alkanes) is 1. The highest BCUT2D eigenvalue weighted by molar-refractivity contribution is 6.52. The van der Waals surface area contributed by atoms with Crippen LogP contribution < -0.4 is 9.64 Å². The van der Waals surface area contributed by atoms with E-state index in [0.29, 0.717) is 23.6 Å². The van der Waals surface area contributed by atoms with Gasteiger partial charge in [0, 0.05) is 7.05 Å². The first-order valence-electron chi connectivity index (χ1n) is 5.74. The van der Waals surface area contributed by atoms with Crippen LogP contribution in [0.4, 0.5) is 5.69 Å². The van der Waals surface area contributed by atoms with E-state index in [1.54, 1.807) is 25.2 Å². The van der Waals surface area contributed by atoms with Gasteiger partial charge in [-0.1, -0.05) is 13.3 Å². The van der Waals surface area contributed by atoms with Crippen LogP contribution in [0, 0.1) is 0 Å². The molecule has 4 heteroatoms. The molecule has 0 unspecified atom stereocenters. The van der Waals surface area contributed by atoms with Crippen molar-refractivity contribution >= 4 is 17.4 Å². The first-order chi connectivity index (χ1) is 8.15. The van der Waals surface area contributed by atoms with Crippen LogP contribution in [0.1, 0.15) is 30.1 Å². The lowest BCUT2D eigenvalue weighted by Crippen LogP contribution is -2.24. The highest BCUT2D eigenvalue weighted by Crippen LogP contribution is 2.30. The summed E-state index contributed by atoms with van der Waals surface area (Å²) in [6, 6.07) is 5.19. The maximum atomic E-state index is 11.6. The van der Waals surface area contributed by atoms with Gasteiger partial charge in [-0.15, -0.1) is 0 Å². The van der Waals surface area contributed by atoms with Crippen LogP contribution in [-0.2, 0) is 4.79 Å². The Hall–Kier alpha value is -1.84. The molecule has 1 aliphatic rings. The van der Waals surface area contributed by atoms with Crippen molar-refractivity contribution < 1.29 is 14.3 Å². The molecule has 1 amide bonds. The fourth-order valence-corrected chi connectivity index (χ4v) is 1.79. The summed E-state index contributed by atoms with van der Waals surface area (Å²) >= 11 is 0. The molecule has 0 spiro atoms. The van der Waals surface area contributed by atoms with E-state index < -0.39 is 11.7 Å². The minimum Gasteiger partial charge on any atom is -0.494 e. The zero-order valence-corrected chi connectivity index (χ0v) is 10.0. The molecule has 0 bridgehead atoms. The second kappa shape index (κ2) is 4.57. The van der Waals surface area contributed by atoms with Gasteiger partial charge in [-0.2, -0.15) is 0 Å². The molecular weight excluding hydrogens is 218 g/mol. The summed E-state index contributed by atoms with van der Waals surface area (Å²) in [4.78, 5) is 24.5. The number of fused-ring (bicyclic) bond motifs is 1. The second-order valence-electron chi connectivity index (χ2n) is 4.07. The molecule has 0 saturated heterocycles. The number of carbonyl (C=O) groups excluding carboxylic acids is 2. The van der Waals surface area contributed by atoms with Crippen molar-refractivity contribution in [3.8, 4) is 5.75 Å². The van der Waals surface area contributed by atoms with Crippen LogP contribution in [0.25, 0.3) is 0 Å². The first-order valence-corrected chi connectivity index (χ1v) is 5.74. The summed E-state index contributed by atoms with van der Waals surface area (Å²) in [6.07, 6.45) is 2.04. The van der Waals surface area contributed by atoms with Gasteiger partial charge >= 0.3 is 0 Å². The molecule has 0 radical (unpaired) electrons. The standard InChI is InChI=1S/C13H15NO3/c1-3-4-7-17-9-5-6-11-10(8-9)12(15)13(16)14(11)2/h5-6,8H,3-4,7H2,1-2H3. The van der Waals surface area contributed by atoms with Gasteiger partial charge in [0.25, 0.3) is 11.7 Å². The Morgan fingerprint density at radius 3 is 2.76 bits per heavy atom. The molecule has 1 heterocycles. The number of benzene rings is 1. The van der Waals surface area contributed by atoms with Crippen LogP contribution in [0.15, 0.2) is 18.2 Å². The predicted molar refractivity (Wildman–Crippen MR) is 64.6 cm³/mol. The lowest BCUT2D eigenvalue weighted by molar-refractivity contribution is -0.114. The maximum absolute atomic E-state index is 11.6. The topological polar surface area (TPSA) is 46.6 Å².